The highest BCUT2D eigenvalue weighted by Gasteiger charge is 2.26. The smallest absolute Gasteiger partial charge is 0.245 e. The average Bonchev–Trinajstić information content (AvgIpc) is 2.58. The van der Waals surface area contributed by atoms with Crippen LogP contribution in [-0.2, 0) is 4.79 Å². The van der Waals surface area contributed by atoms with Gasteiger partial charge in [0.05, 0.1) is 11.1 Å². The van der Waals surface area contributed by atoms with Crippen LogP contribution in [0.15, 0.2) is 42.6 Å². The molecule has 2 aromatic rings. The topological polar surface area (TPSA) is 92.1 Å². The fourth-order valence-corrected chi connectivity index (χ4v) is 1.89. The van der Waals surface area contributed by atoms with E-state index < -0.39 is 17.6 Å². The number of nitrogens with zero attached hydrogens (tertiary/aromatic N) is 2. The second kappa shape index (κ2) is 7.38. The summed E-state index contributed by atoms with van der Waals surface area (Å²) in [4.78, 5) is 27.6. The number of hydrogen-bond acceptors (Lipinski definition) is 5. The van der Waals surface area contributed by atoms with E-state index in [1.165, 1.54) is 25.4 Å². The van der Waals surface area contributed by atoms with Gasteiger partial charge in [-0.05, 0) is 30.3 Å². The summed E-state index contributed by atoms with van der Waals surface area (Å²) in [5.41, 5.74) is 0.247. The molecule has 2 rings (SSSR count). The molecule has 0 fully saturated rings. The van der Waals surface area contributed by atoms with E-state index >= 15 is 0 Å². The lowest BCUT2D eigenvalue weighted by atomic mass is 9.98. The lowest BCUT2D eigenvalue weighted by molar-refractivity contribution is -0.121. The SMILES string of the molecule is CNC(=O)[C@@H](C#N)C(=O)c1ccc(Oc2ccc(Cl)cn2)cc1. The molecule has 1 N–H and O–H groups in total. The third-order valence-corrected chi connectivity index (χ3v) is 3.18. The van der Waals surface area contributed by atoms with E-state index in [-0.39, 0.29) is 5.56 Å². The molecule has 116 valence electrons. The Bertz CT molecular complexity index is 752. The Morgan fingerprint density at radius 2 is 1.96 bits per heavy atom. The number of ketones is 1. The van der Waals surface area contributed by atoms with Gasteiger partial charge in [0.2, 0.25) is 11.8 Å². The minimum Gasteiger partial charge on any atom is -0.439 e. The first kappa shape index (κ1) is 16.5. The maximum Gasteiger partial charge on any atom is 0.245 e. The van der Waals surface area contributed by atoms with E-state index in [2.05, 4.69) is 10.3 Å². The van der Waals surface area contributed by atoms with Gasteiger partial charge in [-0.25, -0.2) is 4.98 Å². The Morgan fingerprint density at radius 1 is 1.26 bits per heavy atom. The van der Waals surface area contributed by atoms with Gasteiger partial charge >= 0.3 is 0 Å². The third kappa shape index (κ3) is 4.05. The van der Waals surface area contributed by atoms with Gasteiger partial charge < -0.3 is 10.1 Å². The molecular weight excluding hydrogens is 318 g/mol. The normalized spacial score (nSPS) is 11.2. The van der Waals surface area contributed by atoms with Gasteiger partial charge in [-0.3, -0.25) is 9.59 Å². The number of ether oxygens (including phenoxy) is 1. The average molecular weight is 330 g/mol. The summed E-state index contributed by atoms with van der Waals surface area (Å²) < 4.78 is 5.50. The fourth-order valence-electron chi connectivity index (χ4n) is 1.78. The van der Waals surface area contributed by atoms with Gasteiger partial charge in [-0.15, -0.1) is 0 Å². The van der Waals surface area contributed by atoms with Crippen molar-refractivity contribution in [1.29, 1.82) is 5.26 Å². The first-order valence-electron chi connectivity index (χ1n) is 6.60. The molecule has 0 unspecified atom stereocenters. The van der Waals surface area contributed by atoms with E-state index in [1.54, 1.807) is 30.3 Å². The lowest BCUT2D eigenvalue weighted by Gasteiger charge is -2.08. The van der Waals surface area contributed by atoms with Crippen molar-refractivity contribution in [3.63, 3.8) is 0 Å². The van der Waals surface area contributed by atoms with Crippen LogP contribution in [-0.4, -0.2) is 23.7 Å². The predicted octanol–water partition coefficient (Wildman–Crippen LogP) is 2.60. The molecule has 7 heteroatoms. The van der Waals surface area contributed by atoms with E-state index in [4.69, 9.17) is 21.6 Å². The third-order valence-electron chi connectivity index (χ3n) is 2.96. The lowest BCUT2D eigenvalue weighted by Crippen LogP contribution is -2.32. The molecule has 0 saturated heterocycles. The van der Waals surface area contributed by atoms with Crippen molar-refractivity contribution in [2.45, 2.75) is 0 Å². The van der Waals surface area contributed by atoms with Crippen LogP contribution in [0.2, 0.25) is 5.02 Å². The molecule has 6 nitrogen and oxygen atoms in total. The number of carbonyl (C=O) groups excluding carboxylic acids is 2. The maximum atomic E-state index is 12.1. The number of nitriles is 1. The molecule has 23 heavy (non-hydrogen) atoms. The Labute approximate surface area is 137 Å². The van der Waals surface area contributed by atoms with Gasteiger partial charge in [0, 0.05) is 24.9 Å². The first-order valence-corrected chi connectivity index (χ1v) is 6.98. The van der Waals surface area contributed by atoms with Crippen molar-refractivity contribution >= 4 is 23.3 Å². The van der Waals surface area contributed by atoms with E-state index in [0.717, 1.165) is 0 Å². The molecule has 1 aromatic heterocycles. The monoisotopic (exact) mass is 329 g/mol. The molecular formula is C16H12ClN3O3. The predicted molar refractivity (Wildman–Crippen MR) is 83.3 cm³/mol. The van der Waals surface area contributed by atoms with Crippen molar-refractivity contribution in [3.05, 3.63) is 53.2 Å². The fraction of sp³-hybridized carbons (Fsp3) is 0.125. The summed E-state index contributed by atoms with van der Waals surface area (Å²) in [6.07, 6.45) is 1.45. The summed E-state index contributed by atoms with van der Waals surface area (Å²) in [7, 11) is 1.37. The molecule has 1 atom stereocenters. The Morgan fingerprint density at radius 3 is 2.48 bits per heavy atom. The molecule has 1 heterocycles. The number of hydrogen-bond donors (Lipinski definition) is 1. The van der Waals surface area contributed by atoms with Gasteiger partial charge in [-0.1, -0.05) is 11.6 Å². The van der Waals surface area contributed by atoms with Gasteiger partial charge in [0.15, 0.2) is 11.7 Å². The molecule has 0 aliphatic carbocycles. The highest BCUT2D eigenvalue weighted by atomic mass is 35.5. The van der Waals surface area contributed by atoms with Crippen molar-refractivity contribution in [2.75, 3.05) is 7.05 Å². The second-order valence-electron chi connectivity index (χ2n) is 4.48. The van der Waals surface area contributed by atoms with Crippen LogP contribution in [0, 0.1) is 17.2 Å². The minimum absolute atomic E-state index is 0.247. The number of pyridine rings is 1. The Kier molecular flexibility index (Phi) is 5.28. The van der Waals surface area contributed by atoms with E-state index in [9.17, 15) is 9.59 Å². The number of rotatable bonds is 5. The molecule has 1 aromatic carbocycles. The van der Waals surface area contributed by atoms with Crippen LogP contribution in [0.1, 0.15) is 10.4 Å². The summed E-state index contributed by atoms with van der Waals surface area (Å²) in [5, 5.41) is 11.7. The number of amides is 1. The van der Waals surface area contributed by atoms with Crippen LogP contribution >= 0.6 is 11.6 Å². The van der Waals surface area contributed by atoms with Crippen molar-refractivity contribution < 1.29 is 14.3 Å². The summed E-state index contributed by atoms with van der Waals surface area (Å²) >= 11 is 5.74. The highest BCUT2D eigenvalue weighted by molar-refractivity contribution is 6.30. The van der Waals surface area contributed by atoms with Gasteiger partial charge in [0.25, 0.3) is 0 Å². The molecule has 0 saturated carbocycles. The number of halogens is 1. The standard InChI is InChI=1S/C16H12ClN3O3/c1-19-16(22)13(8-18)15(21)10-2-5-12(6-3-10)23-14-7-4-11(17)9-20-14/h2-7,9,13H,1H3,(H,19,22)/t13-/m0/s1. The molecule has 0 bridgehead atoms. The number of Topliss-reactive ketones (excluding diaryl/α,β-unsaturated/α-hetero) is 1. The zero-order chi connectivity index (χ0) is 16.8. The van der Waals surface area contributed by atoms with Crippen molar-refractivity contribution in [3.8, 4) is 17.7 Å². The van der Waals surface area contributed by atoms with E-state index in [1.807, 2.05) is 0 Å². The number of aromatic nitrogens is 1. The molecule has 0 aliphatic rings. The number of nitrogens with one attached hydrogen (secondary N) is 1. The molecule has 0 spiro atoms. The Balaban J connectivity index is 2.12. The molecule has 1 amide bonds. The van der Waals surface area contributed by atoms with Gasteiger partial charge in [0.1, 0.15) is 5.75 Å². The van der Waals surface area contributed by atoms with Crippen LogP contribution in [0.25, 0.3) is 0 Å². The first-order chi connectivity index (χ1) is 11.0. The van der Waals surface area contributed by atoms with Crippen molar-refractivity contribution in [2.24, 2.45) is 5.92 Å². The van der Waals surface area contributed by atoms with Crippen LogP contribution < -0.4 is 10.1 Å². The quantitative estimate of drug-likeness (QED) is 0.672. The number of benzene rings is 1. The zero-order valence-corrected chi connectivity index (χ0v) is 12.9. The number of carbonyl (C=O) groups is 2. The molecule has 0 radical (unpaired) electrons. The highest BCUT2D eigenvalue weighted by Crippen LogP contribution is 2.21. The van der Waals surface area contributed by atoms with Crippen LogP contribution in [0.5, 0.6) is 11.6 Å². The zero-order valence-electron chi connectivity index (χ0n) is 12.1. The summed E-state index contributed by atoms with van der Waals surface area (Å²) in [5.74, 6) is -1.76. The van der Waals surface area contributed by atoms with E-state index in [0.29, 0.717) is 16.7 Å². The molecule has 0 aliphatic heterocycles. The van der Waals surface area contributed by atoms with Crippen molar-refractivity contribution in [1.82, 2.24) is 10.3 Å². The van der Waals surface area contributed by atoms with Crippen LogP contribution in [0.4, 0.5) is 0 Å². The Hall–Kier alpha value is -2.91. The van der Waals surface area contributed by atoms with Gasteiger partial charge in [-0.2, -0.15) is 5.26 Å². The largest absolute Gasteiger partial charge is 0.439 e. The summed E-state index contributed by atoms with van der Waals surface area (Å²) in [6, 6.07) is 11.0. The maximum absolute atomic E-state index is 12.1. The van der Waals surface area contributed by atoms with Crippen LogP contribution in [0.3, 0.4) is 0 Å². The summed E-state index contributed by atoms with van der Waals surface area (Å²) in [6.45, 7) is 0. The minimum atomic E-state index is -1.37. The second-order valence-corrected chi connectivity index (χ2v) is 4.92.